The average molecular weight is 381 g/mol. The molecule has 0 aliphatic carbocycles. The van der Waals surface area contributed by atoms with Gasteiger partial charge >= 0.3 is 0 Å². The summed E-state index contributed by atoms with van der Waals surface area (Å²) in [6.45, 7) is 7.83. The number of nitrogens with one attached hydrogen (secondary N) is 2. The number of fused-ring (bicyclic) bond motifs is 1. The fourth-order valence-corrected chi connectivity index (χ4v) is 3.34. The first kappa shape index (κ1) is 19.0. The van der Waals surface area contributed by atoms with Crippen molar-refractivity contribution in [2.24, 2.45) is 0 Å². The van der Waals surface area contributed by atoms with Crippen molar-refractivity contribution >= 4 is 28.2 Å². The lowest BCUT2D eigenvalue weighted by Crippen LogP contribution is -2.39. The van der Waals surface area contributed by atoms with Crippen LogP contribution in [0.1, 0.15) is 29.2 Å². The van der Waals surface area contributed by atoms with E-state index in [0.717, 1.165) is 34.1 Å². The number of aryl methyl sites for hydroxylation is 2. The van der Waals surface area contributed by atoms with Crippen LogP contribution in [0.2, 0.25) is 0 Å². The molecule has 3 rings (SSSR count). The van der Waals surface area contributed by atoms with E-state index >= 15 is 0 Å². The summed E-state index contributed by atoms with van der Waals surface area (Å²) in [4.78, 5) is 21.9. The van der Waals surface area contributed by atoms with Gasteiger partial charge in [-0.15, -0.1) is 0 Å². The lowest BCUT2D eigenvalue weighted by Gasteiger charge is -2.25. The molecular weight excluding hydrogens is 356 g/mol. The number of nitrogens with zero attached hydrogens (tertiary/aromatic N) is 2. The highest BCUT2D eigenvalue weighted by Crippen LogP contribution is 2.19. The van der Waals surface area contributed by atoms with Crippen molar-refractivity contribution in [1.82, 2.24) is 20.2 Å². The minimum atomic E-state index is -0.0771. The first-order valence-corrected chi connectivity index (χ1v) is 9.44. The number of rotatable bonds is 5. The quantitative estimate of drug-likeness (QED) is 0.664. The molecule has 5 nitrogen and oxygen atoms in total. The van der Waals surface area contributed by atoms with E-state index in [4.69, 9.17) is 12.2 Å². The molecule has 2 N–H and O–H groups in total. The normalized spacial score (nSPS) is 10.8. The van der Waals surface area contributed by atoms with Crippen LogP contribution in [0.4, 0.5) is 0 Å². The molecule has 0 spiro atoms. The molecule has 2 heterocycles. The maximum absolute atomic E-state index is 12.7. The van der Waals surface area contributed by atoms with Crippen LogP contribution >= 0.6 is 12.2 Å². The molecule has 0 aliphatic rings. The van der Waals surface area contributed by atoms with Crippen LogP contribution in [0, 0.1) is 13.8 Å². The maximum Gasteiger partial charge on any atom is 0.253 e. The zero-order chi connectivity index (χ0) is 19.4. The summed E-state index contributed by atoms with van der Waals surface area (Å²) in [7, 11) is 0. The molecule has 0 saturated heterocycles. The molecule has 0 fully saturated rings. The van der Waals surface area contributed by atoms with E-state index < -0.39 is 0 Å². The second kappa shape index (κ2) is 8.31. The van der Waals surface area contributed by atoms with Crippen LogP contribution in [0.15, 0.2) is 47.5 Å². The lowest BCUT2D eigenvalue weighted by molar-refractivity contribution is 0.398. The van der Waals surface area contributed by atoms with E-state index in [1.54, 1.807) is 6.20 Å². The first-order chi connectivity index (χ1) is 13.0. The summed E-state index contributed by atoms with van der Waals surface area (Å²) in [6.07, 6.45) is 3.56. The molecule has 3 aromatic rings. The summed E-state index contributed by atoms with van der Waals surface area (Å²) < 4.78 is 0. The Morgan fingerprint density at radius 2 is 2.07 bits per heavy atom. The van der Waals surface area contributed by atoms with E-state index in [9.17, 15) is 4.79 Å². The summed E-state index contributed by atoms with van der Waals surface area (Å²) in [5.74, 6) is 0. The third-order valence-electron chi connectivity index (χ3n) is 4.70. The van der Waals surface area contributed by atoms with Gasteiger partial charge in [0.05, 0.1) is 12.1 Å². The molecule has 0 saturated carbocycles. The Hall–Kier alpha value is -2.73. The fourth-order valence-electron chi connectivity index (χ4n) is 3.07. The molecule has 0 bridgehead atoms. The zero-order valence-electron chi connectivity index (χ0n) is 15.9. The molecule has 2 aromatic heterocycles. The SMILES string of the molecule is CCNC(=S)N(Cc1cccnc1)Cc1cc2ccc(C)c(C)c2[nH]c1=O. The van der Waals surface area contributed by atoms with Gasteiger partial charge in [0.1, 0.15) is 0 Å². The van der Waals surface area contributed by atoms with Gasteiger partial charge in [0.25, 0.3) is 5.56 Å². The third-order valence-corrected chi connectivity index (χ3v) is 5.10. The summed E-state index contributed by atoms with van der Waals surface area (Å²) >= 11 is 5.53. The number of thiocarbonyl (C=S) groups is 1. The molecule has 0 unspecified atom stereocenters. The molecule has 6 heteroatoms. The third kappa shape index (κ3) is 4.34. The molecule has 1 aromatic carbocycles. The van der Waals surface area contributed by atoms with Gasteiger partial charge in [-0.1, -0.05) is 18.2 Å². The van der Waals surface area contributed by atoms with Crippen molar-refractivity contribution in [2.75, 3.05) is 6.54 Å². The number of hydrogen-bond donors (Lipinski definition) is 2. The van der Waals surface area contributed by atoms with Gasteiger partial charge in [-0.25, -0.2) is 0 Å². The van der Waals surface area contributed by atoms with E-state index in [-0.39, 0.29) is 5.56 Å². The van der Waals surface area contributed by atoms with E-state index in [1.807, 2.05) is 56.1 Å². The molecule has 0 radical (unpaired) electrons. The Morgan fingerprint density at radius 1 is 1.26 bits per heavy atom. The predicted octanol–water partition coefficient (Wildman–Crippen LogP) is 3.44. The highest BCUT2D eigenvalue weighted by Gasteiger charge is 2.14. The summed E-state index contributed by atoms with van der Waals surface area (Å²) in [5, 5.41) is 4.84. The van der Waals surface area contributed by atoms with Gasteiger partial charge in [-0.3, -0.25) is 9.78 Å². The van der Waals surface area contributed by atoms with Crippen LogP contribution in [-0.2, 0) is 13.1 Å². The van der Waals surface area contributed by atoms with Crippen LogP contribution in [0.5, 0.6) is 0 Å². The highest BCUT2D eigenvalue weighted by molar-refractivity contribution is 7.80. The van der Waals surface area contributed by atoms with Crippen molar-refractivity contribution in [3.05, 3.63) is 75.3 Å². The number of aromatic amines is 1. The maximum atomic E-state index is 12.7. The summed E-state index contributed by atoms with van der Waals surface area (Å²) in [6, 6.07) is 10.00. The van der Waals surface area contributed by atoms with Crippen LogP contribution in [0.3, 0.4) is 0 Å². The van der Waals surface area contributed by atoms with Gasteiger partial charge in [-0.2, -0.15) is 0 Å². The van der Waals surface area contributed by atoms with E-state index in [2.05, 4.69) is 21.4 Å². The zero-order valence-corrected chi connectivity index (χ0v) is 16.7. The van der Waals surface area contributed by atoms with E-state index in [1.165, 1.54) is 0 Å². The Morgan fingerprint density at radius 3 is 2.78 bits per heavy atom. The molecule has 27 heavy (non-hydrogen) atoms. The molecular formula is C21H24N4OS. The van der Waals surface area contributed by atoms with Crippen molar-refractivity contribution in [2.45, 2.75) is 33.9 Å². The van der Waals surface area contributed by atoms with Crippen molar-refractivity contribution < 1.29 is 0 Å². The monoisotopic (exact) mass is 380 g/mol. The minimum absolute atomic E-state index is 0.0771. The second-order valence-corrected chi connectivity index (χ2v) is 7.03. The van der Waals surface area contributed by atoms with Gasteiger partial charge in [-0.05, 0) is 67.2 Å². The number of aromatic nitrogens is 2. The van der Waals surface area contributed by atoms with Crippen LogP contribution < -0.4 is 10.9 Å². The standard InChI is InChI=1S/C21H24N4OS/c1-4-23-21(27)25(12-16-6-5-9-22-11-16)13-18-10-17-8-7-14(2)15(3)19(17)24-20(18)26/h5-11H,4,12-13H2,1-3H3,(H,23,27)(H,24,26). The first-order valence-electron chi connectivity index (χ1n) is 9.03. The van der Waals surface area contributed by atoms with Crippen LogP contribution in [0.25, 0.3) is 10.9 Å². The summed E-state index contributed by atoms with van der Waals surface area (Å²) in [5.41, 5.74) is 4.82. The lowest BCUT2D eigenvalue weighted by atomic mass is 10.0. The van der Waals surface area contributed by atoms with E-state index in [0.29, 0.717) is 23.8 Å². The second-order valence-electron chi connectivity index (χ2n) is 6.65. The van der Waals surface area contributed by atoms with Gasteiger partial charge in [0, 0.05) is 31.0 Å². The molecule has 0 amide bonds. The largest absolute Gasteiger partial charge is 0.363 e. The molecule has 0 atom stereocenters. The number of H-pyrrole nitrogens is 1. The Kier molecular flexibility index (Phi) is 5.86. The van der Waals surface area contributed by atoms with Crippen molar-refractivity contribution in [3.63, 3.8) is 0 Å². The number of benzene rings is 1. The van der Waals surface area contributed by atoms with Gasteiger partial charge in [0.15, 0.2) is 5.11 Å². The average Bonchev–Trinajstić information content (AvgIpc) is 2.66. The van der Waals surface area contributed by atoms with Gasteiger partial charge in [0.2, 0.25) is 0 Å². The molecule has 140 valence electrons. The highest BCUT2D eigenvalue weighted by atomic mass is 32.1. The van der Waals surface area contributed by atoms with Crippen molar-refractivity contribution in [1.29, 1.82) is 0 Å². The minimum Gasteiger partial charge on any atom is -0.363 e. The number of hydrogen-bond acceptors (Lipinski definition) is 3. The van der Waals surface area contributed by atoms with Crippen molar-refractivity contribution in [3.8, 4) is 0 Å². The van der Waals surface area contributed by atoms with Crippen LogP contribution in [-0.4, -0.2) is 26.5 Å². The molecule has 0 aliphatic heterocycles. The number of pyridine rings is 2. The predicted molar refractivity (Wildman–Crippen MR) is 114 cm³/mol. The smallest absolute Gasteiger partial charge is 0.253 e. The Labute approximate surface area is 164 Å². The Bertz CT molecular complexity index is 1010. The van der Waals surface area contributed by atoms with Gasteiger partial charge < -0.3 is 15.2 Å². The topological polar surface area (TPSA) is 61.0 Å². The Balaban J connectivity index is 1.95. The fraction of sp³-hybridized carbons (Fsp3) is 0.286.